The molecular weight excluding hydrogens is 633 g/mol. The number of hydrogen-bond acceptors (Lipinski definition) is 13. The Hall–Kier alpha value is -3.26. The Bertz CT molecular complexity index is 1370. The zero-order valence-electron chi connectivity index (χ0n) is 27.4. The van der Waals surface area contributed by atoms with Crippen molar-refractivity contribution in [1.82, 2.24) is 19.5 Å². The Morgan fingerprint density at radius 3 is 2.23 bits per heavy atom. The molecule has 2 aromatic rings. The number of nitrogens with two attached hydrogens (primary N) is 1. The maximum absolute atomic E-state index is 13.0. The minimum Gasteiger partial charge on any atom is -0.499 e. The van der Waals surface area contributed by atoms with Crippen molar-refractivity contribution >= 4 is 36.3 Å². The number of anilines is 1. The Balaban J connectivity index is 1.40. The normalized spacial score (nSPS) is 17.5. The van der Waals surface area contributed by atoms with Crippen LogP contribution in [0.25, 0.3) is 11.2 Å². The molecule has 0 saturated carbocycles. The summed E-state index contributed by atoms with van der Waals surface area (Å²) in [5.74, 6) is -3.56. The number of nitrogen functional groups attached to an aromatic ring is 1. The van der Waals surface area contributed by atoms with E-state index in [1.54, 1.807) is 11.5 Å². The fraction of sp³-hybridized carbons (Fsp3) is 0.710. The third-order valence-corrected chi connectivity index (χ3v) is 8.94. The number of aliphatic hydroxyl groups is 2. The van der Waals surface area contributed by atoms with Crippen LogP contribution in [0.4, 0.5) is 5.82 Å². The van der Waals surface area contributed by atoms with Gasteiger partial charge in [-0.3, -0.25) is 18.7 Å². The van der Waals surface area contributed by atoms with Crippen molar-refractivity contribution in [1.29, 1.82) is 0 Å². The molecule has 3 heterocycles. The van der Waals surface area contributed by atoms with Crippen LogP contribution in [-0.2, 0) is 39.4 Å². The molecule has 1 aliphatic rings. The highest BCUT2D eigenvalue weighted by atomic mass is 31.2. The van der Waals surface area contributed by atoms with Crippen molar-refractivity contribution in [3.63, 3.8) is 0 Å². The third-order valence-electron chi connectivity index (χ3n) is 7.87. The second kappa shape index (κ2) is 19.5. The fourth-order valence-corrected chi connectivity index (χ4v) is 6.35. The highest BCUT2D eigenvalue weighted by molar-refractivity contribution is 7.52. The molecule has 15 nitrogen and oxygen atoms in total. The topological polar surface area (TPSA) is 218 Å². The lowest BCUT2D eigenvalue weighted by atomic mass is 10.0. The van der Waals surface area contributed by atoms with E-state index in [2.05, 4.69) is 21.9 Å². The minimum atomic E-state index is -4.58. The number of aromatic nitrogens is 4. The van der Waals surface area contributed by atoms with Gasteiger partial charge in [-0.25, -0.2) is 15.0 Å². The van der Waals surface area contributed by atoms with Crippen LogP contribution < -0.4 is 5.73 Å². The minimum absolute atomic E-state index is 0.121. The zero-order chi connectivity index (χ0) is 34.2. The molecule has 3 rings (SSSR count). The summed E-state index contributed by atoms with van der Waals surface area (Å²) in [5, 5.41) is 19.4. The number of rotatable bonds is 24. The number of Topliss-reactive ketones (excluding diaryl/α,β-unsaturated/α-hetero) is 1. The molecular formula is C31H50N5O10P. The summed E-state index contributed by atoms with van der Waals surface area (Å²) in [6.07, 6.45) is 13.3. The van der Waals surface area contributed by atoms with Gasteiger partial charge in [0.05, 0.1) is 19.0 Å². The Morgan fingerprint density at radius 1 is 1.02 bits per heavy atom. The number of carbonyl (C=O) groups excluding carboxylic acids is 2. The largest absolute Gasteiger partial charge is 0.499 e. The average molecular weight is 684 g/mol. The highest BCUT2D eigenvalue weighted by Gasteiger charge is 2.45. The van der Waals surface area contributed by atoms with E-state index >= 15 is 0 Å². The second-order valence-corrected chi connectivity index (χ2v) is 13.7. The number of fused-ring (bicyclic) bond motifs is 1. The quantitative estimate of drug-likeness (QED) is 0.0600. The number of hydrogen-bond donors (Lipinski definition) is 4. The van der Waals surface area contributed by atoms with Gasteiger partial charge in [-0.05, 0) is 13.3 Å². The van der Waals surface area contributed by atoms with Gasteiger partial charge in [0.2, 0.25) is 11.5 Å². The summed E-state index contributed by atoms with van der Waals surface area (Å²) in [5.41, 5.74) is 6.68. The second-order valence-electron chi connectivity index (χ2n) is 11.9. The molecule has 1 aliphatic heterocycles. The average Bonchev–Trinajstić information content (AvgIpc) is 3.56. The van der Waals surface area contributed by atoms with Gasteiger partial charge in [0.1, 0.15) is 30.9 Å². The Labute approximate surface area is 275 Å². The molecule has 0 fully saturated rings. The fourth-order valence-electron chi connectivity index (χ4n) is 5.25. The monoisotopic (exact) mass is 683 g/mol. The summed E-state index contributed by atoms with van der Waals surface area (Å²) in [6, 6.07) is 0. The van der Waals surface area contributed by atoms with Gasteiger partial charge in [-0.2, -0.15) is 0 Å². The van der Waals surface area contributed by atoms with Crippen molar-refractivity contribution in [3.05, 3.63) is 24.4 Å². The van der Waals surface area contributed by atoms with Crippen LogP contribution in [-0.4, -0.2) is 77.6 Å². The number of ketones is 1. The molecule has 0 aliphatic carbocycles. The number of imidazole rings is 1. The van der Waals surface area contributed by atoms with Crippen LogP contribution in [0.1, 0.15) is 104 Å². The molecule has 4 atom stereocenters. The molecule has 264 valence electrons. The van der Waals surface area contributed by atoms with E-state index in [0.717, 1.165) is 19.3 Å². The van der Waals surface area contributed by atoms with Crippen LogP contribution in [0.3, 0.4) is 0 Å². The van der Waals surface area contributed by atoms with Gasteiger partial charge < -0.3 is 39.6 Å². The highest BCUT2D eigenvalue weighted by Crippen LogP contribution is 2.45. The number of aliphatic hydroxyl groups excluding tert-OH is 2. The van der Waals surface area contributed by atoms with Gasteiger partial charge in [0, 0.05) is 6.42 Å². The summed E-state index contributed by atoms with van der Waals surface area (Å²) in [6.45, 7) is 3.44. The van der Waals surface area contributed by atoms with Crippen molar-refractivity contribution in [2.24, 2.45) is 0 Å². The summed E-state index contributed by atoms with van der Waals surface area (Å²) in [4.78, 5) is 47.6. The SMILES string of the molecule is CCCCCCCCCCCCCCCC(=O)OCC(OP(=O)(O)CO[C@H](C)Cn1cnc2c(N)ncnc21)[C@@H]1OC(O)=C(O)C1=O. The molecule has 5 N–H and O–H groups in total. The predicted molar refractivity (Wildman–Crippen MR) is 173 cm³/mol. The summed E-state index contributed by atoms with van der Waals surface area (Å²) >= 11 is 0. The lowest BCUT2D eigenvalue weighted by molar-refractivity contribution is -0.151. The molecule has 0 amide bonds. The molecule has 0 aromatic carbocycles. The van der Waals surface area contributed by atoms with Crippen LogP contribution in [0.2, 0.25) is 0 Å². The van der Waals surface area contributed by atoms with Crippen molar-refractivity contribution < 1.29 is 48.0 Å². The lowest BCUT2D eigenvalue weighted by Crippen LogP contribution is -2.39. The molecule has 0 spiro atoms. The van der Waals surface area contributed by atoms with E-state index < -0.39 is 62.3 Å². The molecule has 0 bridgehead atoms. The lowest BCUT2D eigenvalue weighted by Gasteiger charge is -2.25. The molecule has 16 heteroatoms. The number of carbonyl (C=O) groups is 2. The van der Waals surface area contributed by atoms with Gasteiger partial charge in [-0.1, -0.05) is 84.0 Å². The molecule has 2 unspecified atom stereocenters. The van der Waals surface area contributed by atoms with Crippen LogP contribution >= 0.6 is 7.60 Å². The Kier molecular flexibility index (Phi) is 15.9. The first-order valence-corrected chi connectivity index (χ1v) is 18.3. The number of esters is 1. The summed E-state index contributed by atoms with van der Waals surface area (Å²) in [7, 11) is -4.58. The third kappa shape index (κ3) is 12.7. The first-order chi connectivity index (χ1) is 22.5. The van der Waals surface area contributed by atoms with E-state index in [4.69, 9.17) is 24.5 Å². The van der Waals surface area contributed by atoms with Gasteiger partial charge in [-0.15, -0.1) is 0 Å². The van der Waals surface area contributed by atoms with E-state index in [0.29, 0.717) is 17.6 Å². The van der Waals surface area contributed by atoms with Gasteiger partial charge in [0.15, 0.2) is 17.6 Å². The van der Waals surface area contributed by atoms with E-state index in [1.807, 2.05) is 0 Å². The summed E-state index contributed by atoms with van der Waals surface area (Å²) < 4.78 is 35.7. The van der Waals surface area contributed by atoms with Crippen LogP contribution in [0.5, 0.6) is 0 Å². The van der Waals surface area contributed by atoms with Crippen molar-refractivity contribution in [2.75, 3.05) is 18.7 Å². The van der Waals surface area contributed by atoms with Crippen molar-refractivity contribution in [2.45, 2.75) is 129 Å². The van der Waals surface area contributed by atoms with Crippen molar-refractivity contribution in [3.8, 4) is 0 Å². The first-order valence-electron chi connectivity index (χ1n) is 16.5. The molecule has 0 radical (unpaired) electrons. The number of unbranched alkanes of at least 4 members (excludes halogenated alkanes) is 12. The maximum Gasteiger partial charge on any atom is 0.354 e. The smallest absolute Gasteiger partial charge is 0.354 e. The van der Waals surface area contributed by atoms with E-state index in [9.17, 15) is 29.3 Å². The Morgan fingerprint density at radius 2 is 1.64 bits per heavy atom. The van der Waals surface area contributed by atoms with Crippen LogP contribution in [0, 0.1) is 0 Å². The molecule has 0 saturated heterocycles. The standard InChI is InChI=1S/C31H50N5O10P/c1-3-4-5-6-7-8-9-10-11-12-13-14-15-16-24(37)43-18-23(28-26(38)27(39)31(40)45-28)46-47(41,42)21-44-22(2)17-36-20-35-25-29(32)33-19-34-30(25)36/h19-20,22-23,28,39-40H,3-18,21H2,1-2H3,(H,41,42)(H2,32,33,34)/t22-,23?,28+/m1/s1. The molecule has 2 aromatic heterocycles. The van der Waals surface area contributed by atoms with Crippen LogP contribution in [0.15, 0.2) is 24.4 Å². The first kappa shape index (κ1) is 38.2. The van der Waals surface area contributed by atoms with Gasteiger partial charge >= 0.3 is 19.5 Å². The van der Waals surface area contributed by atoms with Gasteiger partial charge in [0.25, 0.3) is 0 Å². The molecule has 47 heavy (non-hydrogen) atoms. The number of ether oxygens (including phenoxy) is 3. The van der Waals surface area contributed by atoms with E-state index in [-0.39, 0.29) is 18.8 Å². The number of nitrogens with zero attached hydrogens (tertiary/aromatic N) is 4. The van der Waals surface area contributed by atoms with E-state index in [1.165, 1.54) is 70.4 Å². The maximum atomic E-state index is 13.0. The zero-order valence-corrected chi connectivity index (χ0v) is 28.3. The predicted octanol–water partition coefficient (Wildman–Crippen LogP) is 5.62.